The van der Waals surface area contributed by atoms with E-state index >= 15 is 0 Å². The number of nitrogens with zero attached hydrogens (tertiary/aromatic N) is 1. The van der Waals surface area contributed by atoms with Gasteiger partial charge in [-0.3, -0.25) is 14.5 Å². The number of amides is 1. The smallest absolute Gasteiger partial charge is 0.299 e. The summed E-state index contributed by atoms with van der Waals surface area (Å²) in [5.74, 6) is -0.659. The fourth-order valence-electron chi connectivity index (χ4n) is 1.75. The molecule has 0 atom stereocenters. The SMILES string of the molecule is COc1ccc2c(c1)C(=O)C(=O)N2CC(Cl)=CCl. The highest BCUT2D eigenvalue weighted by Gasteiger charge is 2.36. The Balaban J connectivity index is 2.43. The summed E-state index contributed by atoms with van der Waals surface area (Å²) in [4.78, 5) is 24.9. The van der Waals surface area contributed by atoms with Gasteiger partial charge < -0.3 is 4.74 Å². The lowest BCUT2D eigenvalue weighted by Crippen LogP contribution is -2.30. The van der Waals surface area contributed by atoms with E-state index < -0.39 is 11.7 Å². The van der Waals surface area contributed by atoms with E-state index in [9.17, 15) is 9.59 Å². The number of carbonyl (C=O) groups excluding carboxylic acids is 2. The van der Waals surface area contributed by atoms with Crippen LogP contribution in [0.5, 0.6) is 5.75 Å². The second kappa shape index (κ2) is 5.00. The van der Waals surface area contributed by atoms with Gasteiger partial charge in [0.25, 0.3) is 11.7 Å². The van der Waals surface area contributed by atoms with Crippen molar-refractivity contribution in [1.29, 1.82) is 0 Å². The van der Waals surface area contributed by atoms with Crippen molar-refractivity contribution in [3.8, 4) is 5.75 Å². The second-order valence-corrected chi connectivity index (χ2v) is 4.36. The Morgan fingerprint density at radius 2 is 2.17 bits per heavy atom. The zero-order valence-electron chi connectivity index (χ0n) is 9.44. The van der Waals surface area contributed by atoms with Gasteiger partial charge in [0.2, 0.25) is 0 Å². The number of benzene rings is 1. The molecule has 0 aliphatic carbocycles. The van der Waals surface area contributed by atoms with E-state index in [1.165, 1.54) is 23.6 Å². The van der Waals surface area contributed by atoms with Gasteiger partial charge in [-0.05, 0) is 18.2 Å². The average molecular weight is 286 g/mol. The lowest BCUT2D eigenvalue weighted by Gasteiger charge is -2.15. The molecule has 1 aromatic rings. The summed E-state index contributed by atoms with van der Waals surface area (Å²) >= 11 is 11.2. The van der Waals surface area contributed by atoms with Crippen LogP contribution >= 0.6 is 23.2 Å². The normalized spacial score (nSPS) is 15.1. The van der Waals surface area contributed by atoms with Crippen LogP contribution in [0.25, 0.3) is 0 Å². The Morgan fingerprint density at radius 1 is 1.44 bits per heavy atom. The van der Waals surface area contributed by atoms with Gasteiger partial charge in [0.05, 0.1) is 24.9 Å². The fourth-order valence-corrected chi connectivity index (χ4v) is 1.94. The van der Waals surface area contributed by atoms with E-state index in [2.05, 4.69) is 0 Å². The summed E-state index contributed by atoms with van der Waals surface area (Å²) in [5, 5.41) is 0.279. The molecular formula is C12H9Cl2NO3. The Bertz CT molecular complexity index is 554. The summed E-state index contributed by atoms with van der Waals surface area (Å²) in [7, 11) is 1.49. The van der Waals surface area contributed by atoms with Crippen molar-refractivity contribution in [3.05, 3.63) is 34.3 Å². The fraction of sp³-hybridized carbons (Fsp3) is 0.167. The van der Waals surface area contributed by atoms with Crippen molar-refractivity contribution >= 4 is 40.6 Å². The number of Topliss-reactive ketones (excluding diaryl/α,β-unsaturated/α-hetero) is 1. The first kappa shape index (κ1) is 12.9. The van der Waals surface area contributed by atoms with Crippen molar-refractivity contribution in [1.82, 2.24) is 0 Å². The maximum atomic E-state index is 11.8. The standard InChI is InChI=1S/C12H9Cl2NO3/c1-18-8-2-3-10-9(4-8)11(16)12(17)15(10)6-7(14)5-13/h2-5H,6H2,1H3. The van der Waals surface area contributed by atoms with E-state index in [0.717, 1.165) is 0 Å². The van der Waals surface area contributed by atoms with E-state index in [0.29, 0.717) is 17.0 Å². The third-order valence-electron chi connectivity index (χ3n) is 2.61. The molecule has 2 rings (SSSR count). The van der Waals surface area contributed by atoms with Crippen LogP contribution in [0.3, 0.4) is 0 Å². The number of anilines is 1. The topological polar surface area (TPSA) is 46.6 Å². The predicted octanol–water partition coefficient (Wildman–Crippen LogP) is 2.54. The van der Waals surface area contributed by atoms with Gasteiger partial charge >= 0.3 is 0 Å². The average Bonchev–Trinajstić information content (AvgIpc) is 2.63. The molecule has 1 aliphatic rings. The van der Waals surface area contributed by atoms with E-state index in [1.807, 2.05) is 0 Å². The summed E-state index contributed by atoms with van der Waals surface area (Å²) in [6.45, 7) is 0.0783. The van der Waals surface area contributed by atoms with Crippen LogP contribution in [0.4, 0.5) is 5.69 Å². The lowest BCUT2D eigenvalue weighted by atomic mass is 10.1. The zero-order chi connectivity index (χ0) is 13.3. The van der Waals surface area contributed by atoms with Gasteiger partial charge in [-0.1, -0.05) is 23.2 Å². The molecule has 1 amide bonds. The summed E-state index contributed by atoms with van der Waals surface area (Å²) in [6.07, 6.45) is 0. The monoisotopic (exact) mass is 285 g/mol. The predicted molar refractivity (Wildman–Crippen MR) is 69.5 cm³/mol. The molecule has 1 heterocycles. The lowest BCUT2D eigenvalue weighted by molar-refractivity contribution is -0.114. The van der Waals surface area contributed by atoms with Gasteiger partial charge in [-0.25, -0.2) is 0 Å². The Kier molecular flexibility index (Phi) is 3.59. The van der Waals surface area contributed by atoms with E-state index in [4.69, 9.17) is 27.9 Å². The van der Waals surface area contributed by atoms with Crippen molar-refractivity contribution < 1.29 is 14.3 Å². The molecule has 0 N–H and O–H groups in total. The largest absolute Gasteiger partial charge is 0.497 e. The molecule has 1 aliphatic heterocycles. The second-order valence-electron chi connectivity index (χ2n) is 3.66. The molecule has 18 heavy (non-hydrogen) atoms. The molecule has 0 aromatic heterocycles. The van der Waals surface area contributed by atoms with Crippen LogP contribution in [0.15, 0.2) is 28.8 Å². The van der Waals surface area contributed by atoms with E-state index in [-0.39, 0.29) is 11.6 Å². The number of halogens is 2. The van der Waals surface area contributed by atoms with Crippen LogP contribution in [-0.4, -0.2) is 25.3 Å². The molecule has 0 unspecified atom stereocenters. The van der Waals surface area contributed by atoms with Crippen molar-refractivity contribution in [2.75, 3.05) is 18.6 Å². The number of hydrogen-bond donors (Lipinski definition) is 0. The van der Waals surface area contributed by atoms with Crippen molar-refractivity contribution in [2.24, 2.45) is 0 Å². The number of carbonyl (C=O) groups is 2. The molecule has 4 nitrogen and oxygen atoms in total. The van der Waals surface area contributed by atoms with Crippen LogP contribution in [0.2, 0.25) is 0 Å². The minimum Gasteiger partial charge on any atom is -0.497 e. The highest BCUT2D eigenvalue weighted by molar-refractivity contribution is 6.52. The molecule has 0 spiro atoms. The number of hydrogen-bond acceptors (Lipinski definition) is 3. The third-order valence-corrected chi connectivity index (χ3v) is 3.21. The molecule has 0 radical (unpaired) electrons. The number of ketones is 1. The van der Waals surface area contributed by atoms with Crippen LogP contribution in [0, 0.1) is 0 Å². The number of rotatable bonds is 3. The first-order chi connectivity index (χ1) is 8.58. The first-order valence-electron chi connectivity index (χ1n) is 5.07. The minimum atomic E-state index is -0.616. The maximum Gasteiger partial charge on any atom is 0.299 e. The number of ether oxygens (including phenoxy) is 1. The molecule has 1 aromatic carbocycles. The van der Waals surface area contributed by atoms with Crippen LogP contribution in [-0.2, 0) is 4.79 Å². The number of fused-ring (bicyclic) bond motifs is 1. The molecule has 0 bridgehead atoms. The van der Waals surface area contributed by atoms with Crippen molar-refractivity contribution in [3.63, 3.8) is 0 Å². The minimum absolute atomic E-state index is 0.0783. The molecule has 6 heteroatoms. The summed E-state index contributed by atoms with van der Waals surface area (Å²) in [5.41, 5.74) is 2.00. The van der Waals surface area contributed by atoms with E-state index in [1.54, 1.807) is 12.1 Å². The maximum absolute atomic E-state index is 11.8. The molecular weight excluding hydrogens is 277 g/mol. The molecule has 94 valence electrons. The molecule has 0 fully saturated rings. The molecule has 0 saturated heterocycles. The van der Waals surface area contributed by atoms with Gasteiger partial charge in [0.15, 0.2) is 0 Å². The Labute approximate surface area is 114 Å². The van der Waals surface area contributed by atoms with Gasteiger partial charge in [-0.15, -0.1) is 0 Å². The van der Waals surface area contributed by atoms with Gasteiger partial charge in [-0.2, -0.15) is 0 Å². The quantitative estimate of drug-likeness (QED) is 0.802. The summed E-state index contributed by atoms with van der Waals surface area (Å²) in [6, 6.07) is 4.86. The van der Waals surface area contributed by atoms with Crippen molar-refractivity contribution in [2.45, 2.75) is 0 Å². The van der Waals surface area contributed by atoms with Crippen LogP contribution in [0.1, 0.15) is 10.4 Å². The highest BCUT2D eigenvalue weighted by Crippen LogP contribution is 2.32. The number of methoxy groups -OCH3 is 1. The Hall–Kier alpha value is -1.52. The highest BCUT2D eigenvalue weighted by atomic mass is 35.5. The molecule has 0 saturated carbocycles. The van der Waals surface area contributed by atoms with Gasteiger partial charge in [0, 0.05) is 10.6 Å². The third kappa shape index (κ3) is 2.09. The summed E-state index contributed by atoms with van der Waals surface area (Å²) < 4.78 is 5.02. The Morgan fingerprint density at radius 3 is 2.78 bits per heavy atom. The van der Waals surface area contributed by atoms with Crippen LogP contribution < -0.4 is 9.64 Å². The first-order valence-corrected chi connectivity index (χ1v) is 5.89. The zero-order valence-corrected chi connectivity index (χ0v) is 11.0. The van der Waals surface area contributed by atoms with Gasteiger partial charge in [0.1, 0.15) is 5.75 Å².